The Balaban J connectivity index is 7.42. The van der Waals surface area contributed by atoms with Gasteiger partial charge in [0.15, 0.2) is 10.7 Å². The van der Waals surface area contributed by atoms with Gasteiger partial charge in [-0.25, -0.2) is 4.79 Å². The van der Waals surface area contributed by atoms with Gasteiger partial charge in [0.2, 0.25) is 0 Å². The molecular weight excluding hydrogens is 458 g/mol. The van der Waals surface area contributed by atoms with Crippen molar-refractivity contribution in [3.05, 3.63) is 10.9 Å². The monoisotopic (exact) mass is 478 g/mol. The van der Waals surface area contributed by atoms with Crippen LogP contribution in [0.3, 0.4) is 0 Å². The molecule has 0 rings (SSSR count). The molecule has 28 heavy (non-hydrogen) atoms. The summed E-state index contributed by atoms with van der Waals surface area (Å²) in [4.78, 5) is 40.8. The van der Waals surface area contributed by atoms with Crippen molar-refractivity contribution in [2.75, 3.05) is 19.8 Å². The standard InChI is InChI=1S/C11H20F3O11P3/c1-4-23-26(17,18)8(9(15)16)7(11(12,13)14)10(27(19,20)24-5-2)28(21,22)25-6-3/h10H,4-6H2,1-3H3,(H,15,16)(H,17,18)(H,19,20)(H,21,22). The topological polar surface area (TPSA) is 177 Å². The number of carboxylic acid groups (broad SMARTS) is 1. The maximum Gasteiger partial charge on any atom is 0.415 e. The van der Waals surface area contributed by atoms with E-state index in [4.69, 9.17) is 5.11 Å². The fraction of sp³-hybridized carbons (Fsp3) is 0.727. The molecule has 0 aliphatic carbocycles. The van der Waals surface area contributed by atoms with Gasteiger partial charge in [-0.15, -0.1) is 0 Å². The zero-order chi connectivity index (χ0) is 22.6. The molecule has 3 unspecified atom stereocenters. The number of carbonyl (C=O) groups is 1. The highest BCUT2D eigenvalue weighted by atomic mass is 31.2. The summed E-state index contributed by atoms with van der Waals surface area (Å²) in [7, 11) is -17.3. The first-order valence-corrected chi connectivity index (χ1v) is 12.3. The Labute approximate surface area is 157 Å². The Hall–Kier alpha value is -0.550. The van der Waals surface area contributed by atoms with Crippen LogP contribution < -0.4 is 0 Å². The summed E-state index contributed by atoms with van der Waals surface area (Å²) in [6.45, 7) is 1.04. The lowest BCUT2D eigenvalue weighted by molar-refractivity contribution is -0.133. The molecular formula is C11H20F3O11P3. The van der Waals surface area contributed by atoms with E-state index in [-0.39, 0.29) is 0 Å². The van der Waals surface area contributed by atoms with E-state index in [0.717, 1.165) is 20.8 Å². The summed E-state index contributed by atoms with van der Waals surface area (Å²) in [5, 5.41) is 3.19. The molecule has 0 heterocycles. The Morgan fingerprint density at radius 1 is 0.893 bits per heavy atom. The minimum atomic E-state index is -5.93. The number of carboxylic acids is 1. The van der Waals surface area contributed by atoms with Crippen molar-refractivity contribution >= 4 is 28.8 Å². The van der Waals surface area contributed by atoms with Gasteiger partial charge in [-0.2, -0.15) is 13.2 Å². The van der Waals surface area contributed by atoms with Crippen LogP contribution in [-0.4, -0.2) is 57.2 Å². The largest absolute Gasteiger partial charge is 0.477 e. The van der Waals surface area contributed by atoms with Crippen molar-refractivity contribution in [3.8, 4) is 0 Å². The highest BCUT2D eigenvalue weighted by Crippen LogP contribution is 2.71. The van der Waals surface area contributed by atoms with Gasteiger partial charge in [0.25, 0.3) is 0 Å². The fourth-order valence-corrected chi connectivity index (χ4v) is 7.64. The summed E-state index contributed by atoms with van der Waals surface area (Å²) in [6, 6.07) is 0. The zero-order valence-electron chi connectivity index (χ0n) is 14.8. The molecule has 0 aromatic carbocycles. The van der Waals surface area contributed by atoms with E-state index < -0.39 is 71.0 Å². The molecule has 0 aliphatic heterocycles. The maximum absolute atomic E-state index is 13.7. The van der Waals surface area contributed by atoms with E-state index in [2.05, 4.69) is 13.6 Å². The average molecular weight is 478 g/mol. The average Bonchev–Trinajstić information content (AvgIpc) is 2.43. The van der Waals surface area contributed by atoms with Crippen LogP contribution in [0.1, 0.15) is 20.8 Å². The van der Waals surface area contributed by atoms with Crippen LogP contribution in [0.5, 0.6) is 0 Å². The molecule has 0 radical (unpaired) electrons. The van der Waals surface area contributed by atoms with Crippen LogP contribution in [0.15, 0.2) is 10.9 Å². The van der Waals surface area contributed by atoms with E-state index in [1.54, 1.807) is 0 Å². The molecule has 0 amide bonds. The van der Waals surface area contributed by atoms with Gasteiger partial charge in [0.05, 0.1) is 25.4 Å². The lowest BCUT2D eigenvalue weighted by atomic mass is 10.2. The summed E-state index contributed by atoms with van der Waals surface area (Å²) < 4.78 is 90.5. The molecule has 17 heteroatoms. The van der Waals surface area contributed by atoms with Gasteiger partial charge in [0, 0.05) is 0 Å². The quantitative estimate of drug-likeness (QED) is 0.254. The molecule has 0 saturated heterocycles. The molecule has 0 saturated carbocycles. The number of allylic oxidation sites excluding steroid dienone is 1. The lowest BCUT2D eigenvalue weighted by Gasteiger charge is -2.30. The summed E-state index contributed by atoms with van der Waals surface area (Å²) >= 11 is 0. The van der Waals surface area contributed by atoms with Crippen molar-refractivity contribution in [3.63, 3.8) is 0 Å². The van der Waals surface area contributed by atoms with E-state index in [1.807, 2.05) is 0 Å². The first-order valence-electron chi connectivity index (χ1n) is 7.46. The molecule has 0 spiro atoms. The zero-order valence-corrected chi connectivity index (χ0v) is 17.5. The Bertz CT molecular complexity index is 722. The second-order valence-corrected chi connectivity index (χ2v) is 10.8. The predicted octanol–water partition coefficient (Wildman–Crippen LogP) is 2.88. The van der Waals surface area contributed by atoms with Crippen LogP contribution in [0.4, 0.5) is 13.2 Å². The summed E-state index contributed by atoms with van der Waals surface area (Å²) in [5.74, 6) is -2.66. The van der Waals surface area contributed by atoms with Gasteiger partial charge in [0.1, 0.15) is 0 Å². The first kappa shape index (κ1) is 27.5. The van der Waals surface area contributed by atoms with Crippen molar-refractivity contribution < 1.29 is 65.0 Å². The Morgan fingerprint density at radius 3 is 1.50 bits per heavy atom. The lowest BCUT2D eigenvalue weighted by Crippen LogP contribution is -2.30. The molecule has 0 aromatic heterocycles. The minimum absolute atomic E-state index is 0.716. The molecule has 4 N–H and O–H groups in total. The smallest absolute Gasteiger partial charge is 0.415 e. The number of aliphatic carboxylic acids is 1. The Morgan fingerprint density at radius 2 is 1.25 bits per heavy atom. The van der Waals surface area contributed by atoms with Gasteiger partial charge < -0.3 is 33.4 Å². The number of alkyl halides is 3. The van der Waals surface area contributed by atoms with E-state index in [9.17, 15) is 46.3 Å². The second-order valence-electron chi connectivity index (χ2n) is 4.84. The SMILES string of the molecule is CCOP(=O)(O)C(C(=O)O)=C(C(P(=O)(O)OCC)P(=O)(O)OCC)C(F)(F)F. The Kier molecular flexibility index (Phi) is 9.78. The fourth-order valence-electron chi connectivity index (χ4n) is 2.05. The number of hydrogen-bond acceptors (Lipinski definition) is 7. The van der Waals surface area contributed by atoms with Gasteiger partial charge in [-0.3, -0.25) is 13.7 Å². The van der Waals surface area contributed by atoms with Crippen molar-refractivity contribution in [1.29, 1.82) is 0 Å². The number of halogens is 3. The van der Waals surface area contributed by atoms with E-state index >= 15 is 0 Å². The van der Waals surface area contributed by atoms with Crippen molar-refractivity contribution in [2.24, 2.45) is 0 Å². The molecule has 0 aromatic rings. The highest BCUT2D eigenvalue weighted by molar-refractivity contribution is 7.72. The first-order chi connectivity index (χ1) is 12.5. The van der Waals surface area contributed by atoms with Crippen molar-refractivity contribution in [2.45, 2.75) is 32.3 Å². The number of hydrogen-bond donors (Lipinski definition) is 4. The highest BCUT2D eigenvalue weighted by Gasteiger charge is 2.61. The molecule has 3 atom stereocenters. The summed E-state index contributed by atoms with van der Waals surface area (Å²) in [5.41, 5.74) is -2.74. The van der Waals surface area contributed by atoms with Crippen LogP contribution in [-0.2, 0) is 32.1 Å². The molecule has 11 nitrogen and oxygen atoms in total. The van der Waals surface area contributed by atoms with Crippen LogP contribution in [0.25, 0.3) is 0 Å². The van der Waals surface area contributed by atoms with Crippen LogP contribution in [0, 0.1) is 0 Å². The molecule has 166 valence electrons. The minimum Gasteiger partial charge on any atom is -0.477 e. The van der Waals surface area contributed by atoms with Gasteiger partial charge >= 0.3 is 34.9 Å². The van der Waals surface area contributed by atoms with Crippen molar-refractivity contribution in [1.82, 2.24) is 0 Å². The van der Waals surface area contributed by atoms with E-state index in [1.165, 1.54) is 0 Å². The van der Waals surface area contributed by atoms with Crippen LogP contribution >= 0.6 is 22.8 Å². The normalized spacial score (nSPS) is 21.0. The summed E-state index contributed by atoms with van der Waals surface area (Å²) in [6.07, 6.45) is -5.93. The van der Waals surface area contributed by atoms with Gasteiger partial charge in [-0.1, -0.05) is 0 Å². The molecule has 0 fully saturated rings. The third-order valence-electron chi connectivity index (χ3n) is 2.85. The van der Waals surface area contributed by atoms with E-state index in [0.29, 0.717) is 0 Å². The third kappa shape index (κ3) is 6.76. The second kappa shape index (κ2) is 9.97. The van der Waals surface area contributed by atoms with Gasteiger partial charge in [-0.05, 0) is 20.8 Å². The number of rotatable bonds is 11. The molecule has 0 bridgehead atoms. The maximum atomic E-state index is 13.7. The van der Waals surface area contributed by atoms with Crippen LogP contribution in [0.2, 0.25) is 0 Å². The molecule has 0 aliphatic rings. The third-order valence-corrected chi connectivity index (χ3v) is 9.22. The predicted molar refractivity (Wildman–Crippen MR) is 88.9 cm³/mol.